The van der Waals surface area contributed by atoms with E-state index in [1.54, 1.807) is 7.11 Å². The molecular weight excluding hydrogens is 262 g/mol. The number of ether oxygens (including phenoxy) is 1. The average molecular weight is 285 g/mol. The molecule has 112 valence electrons. The Labute approximate surface area is 126 Å². The lowest BCUT2D eigenvalue weighted by atomic mass is 9.94. The van der Waals surface area contributed by atoms with Crippen molar-refractivity contribution in [1.29, 1.82) is 5.26 Å². The number of nitriles is 1. The van der Waals surface area contributed by atoms with E-state index in [0.29, 0.717) is 5.92 Å². The second-order valence-corrected chi connectivity index (χ2v) is 6.19. The first-order chi connectivity index (χ1) is 10.3. The minimum absolute atomic E-state index is 0.549. The summed E-state index contributed by atoms with van der Waals surface area (Å²) in [7, 11) is 1.76. The topological polar surface area (TPSA) is 49.1 Å². The molecule has 0 aromatic carbocycles. The van der Waals surface area contributed by atoms with E-state index >= 15 is 0 Å². The minimum atomic E-state index is 0.549. The molecule has 3 rings (SSSR count). The molecule has 1 aromatic rings. The smallest absolute Gasteiger partial charge is 0.146 e. The Balaban J connectivity index is 1.88. The molecule has 1 aliphatic carbocycles. The van der Waals surface area contributed by atoms with Gasteiger partial charge < -0.3 is 9.64 Å². The summed E-state index contributed by atoms with van der Waals surface area (Å²) in [6.45, 7) is 2.75. The van der Waals surface area contributed by atoms with E-state index < -0.39 is 0 Å². The molecule has 0 spiro atoms. The molecule has 1 unspecified atom stereocenters. The van der Waals surface area contributed by atoms with E-state index in [1.807, 2.05) is 0 Å². The van der Waals surface area contributed by atoms with Crippen molar-refractivity contribution in [2.24, 2.45) is 5.92 Å². The van der Waals surface area contributed by atoms with Crippen molar-refractivity contribution in [3.8, 4) is 6.07 Å². The van der Waals surface area contributed by atoms with Gasteiger partial charge in [-0.1, -0.05) is 0 Å². The number of aromatic nitrogens is 1. The fourth-order valence-corrected chi connectivity index (χ4v) is 3.58. The Morgan fingerprint density at radius 1 is 1.38 bits per heavy atom. The van der Waals surface area contributed by atoms with E-state index in [0.717, 1.165) is 50.3 Å². The molecule has 1 atom stereocenters. The monoisotopic (exact) mass is 285 g/mol. The zero-order chi connectivity index (χ0) is 14.7. The number of rotatable bonds is 3. The fraction of sp³-hybridized carbons (Fsp3) is 0.647. The second kappa shape index (κ2) is 6.44. The molecule has 0 bridgehead atoms. The maximum Gasteiger partial charge on any atom is 0.146 e. The van der Waals surface area contributed by atoms with Crippen molar-refractivity contribution in [1.82, 2.24) is 4.98 Å². The Bertz CT molecular complexity index is 548. The Kier molecular flexibility index (Phi) is 4.40. The summed E-state index contributed by atoms with van der Waals surface area (Å²) < 4.78 is 5.30. The van der Waals surface area contributed by atoms with Gasteiger partial charge in [-0.05, 0) is 56.1 Å². The van der Waals surface area contributed by atoms with Crippen molar-refractivity contribution in [2.45, 2.75) is 38.5 Å². The Morgan fingerprint density at radius 3 is 3.05 bits per heavy atom. The SMILES string of the molecule is COCC1CCCN(c2nc3c(cc2C#N)CCCC3)C1. The summed E-state index contributed by atoms with van der Waals surface area (Å²) in [5, 5.41) is 9.48. The van der Waals surface area contributed by atoms with E-state index in [4.69, 9.17) is 9.72 Å². The molecule has 0 N–H and O–H groups in total. The van der Waals surface area contributed by atoms with Crippen molar-refractivity contribution in [3.05, 3.63) is 22.9 Å². The summed E-state index contributed by atoms with van der Waals surface area (Å²) in [5.74, 6) is 1.45. The number of hydrogen-bond acceptors (Lipinski definition) is 4. The summed E-state index contributed by atoms with van der Waals surface area (Å²) >= 11 is 0. The van der Waals surface area contributed by atoms with Crippen LogP contribution >= 0.6 is 0 Å². The first kappa shape index (κ1) is 14.3. The number of nitrogens with zero attached hydrogens (tertiary/aromatic N) is 3. The number of fused-ring (bicyclic) bond motifs is 1. The molecule has 4 nitrogen and oxygen atoms in total. The van der Waals surface area contributed by atoms with Crippen LogP contribution in [-0.4, -0.2) is 31.8 Å². The van der Waals surface area contributed by atoms with Gasteiger partial charge in [0.2, 0.25) is 0 Å². The van der Waals surface area contributed by atoms with E-state index in [9.17, 15) is 5.26 Å². The zero-order valence-corrected chi connectivity index (χ0v) is 12.8. The molecular formula is C17H23N3O. The molecule has 1 fully saturated rings. The fourth-order valence-electron chi connectivity index (χ4n) is 3.58. The summed E-state index contributed by atoms with van der Waals surface area (Å²) in [5.41, 5.74) is 3.24. The number of hydrogen-bond donors (Lipinski definition) is 0. The molecule has 2 aliphatic rings. The zero-order valence-electron chi connectivity index (χ0n) is 12.8. The van der Waals surface area contributed by atoms with Crippen LogP contribution in [-0.2, 0) is 17.6 Å². The third-order valence-corrected chi connectivity index (χ3v) is 4.62. The highest BCUT2D eigenvalue weighted by molar-refractivity contribution is 5.56. The molecule has 1 aliphatic heterocycles. The minimum Gasteiger partial charge on any atom is -0.384 e. The van der Waals surface area contributed by atoms with Gasteiger partial charge in [0, 0.05) is 25.9 Å². The normalized spacial score (nSPS) is 21.7. The van der Waals surface area contributed by atoms with Crippen LogP contribution in [0.3, 0.4) is 0 Å². The average Bonchev–Trinajstić information content (AvgIpc) is 2.54. The van der Waals surface area contributed by atoms with Crippen LogP contribution < -0.4 is 4.90 Å². The lowest BCUT2D eigenvalue weighted by molar-refractivity contribution is 0.143. The molecule has 1 aromatic heterocycles. The highest BCUT2D eigenvalue weighted by atomic mass is 16.5. The van der Waals surface area contributed by atoms with Crippen LogP contribution in [0.1, 0.15) is 42.5 Å². The maximum absolute atomic E-state index is 9.48. The van der Waals surface area contributed by atoms with Crippen LogP contribution in [0.2, 0.25) is 0 Å². The van der Waals surface area contributed by atoms with Gasteiger partial charge in [0.15, 0.2) is 0 Å². The van der Waals surface area contributed by atoms with Crippen LogP contribution in [0.25, 0.3) is 0 Å². The van der Waals surface area contributed by atoms with E-state index in [2.05, 4.69) is 17.0 Å². The first-order valence-corrected chi connectivity index (χ1v) is 7.98. The number of anilines is 1. The first-order valence-electron chi connectivity index (χ1n) is 7.98. The number of piperidine rings is 1. The van der Waals surface area contributed by atoms with Crippen molar-refractivity contribution >= 4 is 5.82 Å². The maximum atomic E-state index is 9.48. The van der Waals surface area contributed by atoms with E-state index in [1.165, 1.54) is 30.5 Å². The van der Waals surface area contributed by atoms with Gasteiger partial charge >= 0.3 is 0 Å². The molecule has 21 heavy (non-hydrogen) atoms. The molecule has 0 amide bonds. The van der Waals surface area contributed by atoms with Crippen LogP contribution in [0.4, 0.5) is 5.82 Å². The molecule has 0 radical (unpaired) electrons. The highest BCUT2D eigenvalue weighted by Crippen LogP contribution is 2.29. The van der Waals surface area contributed by atoms with Gasteiger partial charge in [-0.3, -0.25) is 0 Å². The molecule has 1 saturated heterocycles. The van der Waals surface area contributed by atoms with Gasteiger partial charge in [0.25, 0.3) is 0 Å². The Morgan fingerprint density at radius 2 is 2.24 bits per heavy atom. The van der Waals surface area contributed by atoms with Crippen LogP contribution in [0.15, 0.2) is 6.07 Å². The third-order valence-electron chi connectivity index (χ3n) is 4.62. The Hall–Kier alpha value is -1.60. The standard InChI is InChI=1S/C17H23N3O/c1-21-12-13-5-4-8-20(11-13)17-15(10-18)9-14-6-2-3-7-16(14)19-17/h9,13H,2-8,11-12H2,1H3. The lowest BCUT2D eigenvalue weighted by Crippen LogP contribution is -2.38. The van der Waals surface area contributed by atoms with Gasteiger partial charge in [0.1, 0.15) is 11.9 Å². The molecule has 0 saturated carbocycles. The molecule has 4 heteroatoms. The number of pyridine rings is 1. The van der Waals surface area contributed by atoms with Gasteiger partial charge in [-0.15, -0.1) is 0 Å². The highest BCUT2D eigenvalue weighted by Gasteiger charge is 2.24. The summed E-state index contributed by atoms with van der Waals surface area (Å²) in [4.78, 5) is 7.16. The molecule has 2 heterocycles. The quantitative estimate of drug-likeness (QED) is 0.856. The predicted molar refractivity (Wildman–Crippen MR) is 82.4 cm³/mol. The van der Waals surface area contributed by atoms with E-state index in [-0.39, 0.29) is 0 Å². The lowest BCUT2D eigenvalue weighted by Gasteiger charge is -2.34. The number of aryl methyl sites for hydroxylation is 2. The van der Waals surface area contributed by atoms with Gasteiger partial charge in [0.05, 0.1) is 12.2 Å². The largest absolute Gasteiger partial charge is 0.384 e. The van der Waals surface area contributed by atoms with Gasteiger partial charge in [-0.2, -0.15) is 5.26 Å². The van der Waals surface area contributed by atoms with Gasteiger partial charge in [-0.25, -0.2) is 4.98 Å². The predicted octanol–water partition coefficient (Wildman–Crippen LogP) is 2.69. The number of methoxy groups -OCH3 is 1. The third kappa shape index (κ3) is 3.03. The van der Waals surface area contributed by atoms with Crippen LogP contribution in [0.5, 0.6) is 0 Å². The summed E-state index contributed by atoms with van der Waals surface area (Å²) in [6.07, 6.45) is 6.93. The van der Waals surface area contributed by atoms with Crippen molar-refractivity contribution in [3.63, 3.8) is 0 Å². The van der Waals surface area contributed by atoms with Crippen molar-refractivity contribution in [2.75, 3.05) is 31.7 Å². The van der Waals surface area contributed by atoms with Crippen LogP contribution in [0, 0.1) is 17.2 Å². The summed E-state index contributed by atoms with van der Waals surface area (Å²) in [6, 6.07) is 4.43. The van der Waals surface area contributed by atoms with Crippen molar-refractivity contribution < 1.29 is 4.74 Å². The second-order valence-electron chi connectivity index (χ2n) is 6.19.